The average molecular weight is 774 g/mol. The van der Waals surface area contributed by atoms with Crippen molar-refractivity contribution in [3.63, 3.8) is 0 Å². The van der Waals surface area contributed by atoms with E-state index in [4.69, 9.17) is 19.4 Å². The van der Waals surface area contributed by atoms with Gasteiger partial charge in [-0.05, 0) is 122 Å². The highest BCUT2D eigenvalue weighted by Gasteiger charge is 2.50. The van der Waals surface area contributed by atoms with Crippen LogP contribution < -0.4 is 5.32 Å². The molecule has 2 unspecified atom stereocenters. The van der Waals surface area contributed by atoms with Gasteiger partial charge in [-0.1, -0.05) is 44.0 Å². The van der Waals surface area contributed by atoms with Gasteiger partial charge < -0.3 is 34.6 Å². The minimum Gasteiger partial charge on any atom is -0.453 e. The predicted octanol–water partition coefficient (Wildman–Crippen LogP) is 7.68. The highest BCUT2D eigenvalue weighted by molar-refractivity contribution is 5.87. The Morgan fingerprint density at radius 1 is 0.807 bits per heavy atom. The van der Waals surface area contributed by atoms with Crippen LogP contribution in [-0.2, 0) is 31.9 Å². The van der Waals surface area contributed by atoms with Gasteiger partial charge in [0.05, 0.1) is 49.1 Å². The third-order valence-electron chi connectivity index (χ3n) is 13.9. The summed E-state index contributed by atoms with van der Waals surface area (Å²) in [5.41, 5.74) is 9.22. The molecule has 3 aliphatic carbocycles. The first-order chi connectivity index (χ1) is 27.8. The molecular formula is C45H55N7O5. The van der Waals surface area contributed by atoms with Crippen LogP contribution in [0.25, 0.3) is 33.6 Å². The number of alkyl carbamates (subject to hydrolysis) is 1. The molecule has 2 aromatic heterocycles. The Kier molecular flexibility index (Phi) is 10.2. The average Bonchev–Trinajstić information content (AvgIpc) is 4.08. The first kappa shape index (κ1) is 37.6. The van der Waals surface area contributed by atoms with Gasteiger partial charge >= 0.3 is 6.09 Å². The van der Waals surface area contributed by atoms with Gasteiger partial charge in [-0.25, -0.2) is 14.8 Å². The Balaban J connectivity index is 0.933. The number of amides is 3. The van der Waals surface area contributed by atoms with E-state index in [1.807, 2.05) is 17.3 Å². The van der Waals surface area contributed by atoms with Gasteiger partial charge in [0.2, 0.25) is 11.8 Å². The van der Waals surface area contributed by atoms with Crippen LogP contribution in [0.3, 0.4) is 0 Å². The van der Waals surface area contributed by atoms with Crippen molar-refractivity contribution in [2.75, 3.05) is 14.2 Å². The van der Waals surface area contributed by atoms with Crippen LogP contribution in [0, 0.1) is 11.8 Å². The number of rotatable bonds is 10. The molecule has 5 aliphatic rings. The van der Waals surface area contributed by atoms with E-state index in [0.717, 1.165) is 92.0 Å². The summed E-state index contributed by atoms with van der Waals surface area (Å²) in [6.07, 6.45) is 14.4. The largest absolute Gasteiger partial charge is 0.453 e. The molecule has 2 saturated heterocycles. The van der Waals surface area contributed by atoms with Gasteiger partial charge in [-0.15, -0.1) is 0 Å². The number of hydrogen-bond acceptors (Lipinski definition) is 7. The van der Waals surface area contributed by atoms with E-state index in [1.54, 1.807) is 14.0 Å². The molecule has 0 spiro atoms. The Hall–Kier alpha value is -4.97. The highest BCUT2D eigenvalue weighted by atomic mass is 16.5. The summed E-state index contributed by atoms with van der Waals surface area (Å²) in [4.78, 5) is 60.9. The molecule has 57 heavy (non-hydrogen) atoms. The minimum atomic E-state index is -0.875. The lowest BCUT2D eigenvalue weighted by molar-refractivity contribution is -0.140. The van der Waals surface area contributed by atoms with Crippen LogP contribution in [0.5, 0.6) is 0 Å². The molecule has 8 atom stereocenters. The molecule has 9 rings (SSSR count). The number of H-pyrrole nitrogens is 2. The lowest BCUT2D eigenvalue weighted by atomic mass is 9.83. The van der Waals surface area contributed by atoms with Gasteiger partial charge in [0.25, 0.3) is 0 Å². The van der Waals surface area contributed by atoms with Crippen LogP contribution in [0.15, 0.2) is 48.8 Å². The summed E-state index contributed by atoms with van der Waals surface area (Å²) >= 11 is 0. The maximum atomic E-state index is 14.2. The van der Waals surface area contributed by atoms with Crippen molar-refractivity contribution in [1.29, 1.82) is 0 Å². The van der Waals surface area contributed by atoms with Crippen molar-refractivity contribution < 1.29 is 23.9 Å². The molecule has 0 radical (unpaired) electrons. The van der Waals surface area contributed by atoms with Gasteiger partial charge in [-0.3, -0.25) is 9.59 Å². The smallest absolute Gasteiger partial charge is 0.407 e. The van der Waals surface area contributed by atoms with Crippen LogP contribution in [0.4, 0.5) is 4.79 Å². The molecule has 3 amide bonds. The van der Waals surface area contributed by atoms with E-state index in [-0.39, 0.29) is 29.9 Å². The number of likely N-dealkylation sites (tertiary alicyclic amines) is 2. The van der Waals surface area contributed by atoms with E-state index >= 15 is 0 Å². The molecule has 12 nitrogen and oxygen atoms in total. The lowest BCUT2D eigenvalue weighted by Gasteiger charge is -2.34. The fraction of sp³-hybridized carbons (Fsp3) is 0.533. The van der Waals surface area contributed by atoms with E-state index in [2.05, 4.69) is 63.5 Å². The quantitative estimate of drug-likeness (QED) is 0.150. The number of aromatic amines is 2. The van der Waals surface area contributed by atoms with Crippen LogP contribution in [-0.4, -0.2) is 86.1 Å². The Morgan fingerprint density at radius 3 is 1.88 bits per heavy atom. The lowest BCUT2D eigenvalue weighted by Crippen LogP contribution is -2.55. The zero-order chi connectivity index (χ0) is 39.4. The van der Waals surface area contributed by atoms with Crippen molar-refractivity contribution in [3.05, 3.63) is 71.6 Å². The summed E-state index contributed by atoms with van der Waals surface area (Å²) < 4.78 is 10.4. The Bertz CT molecular complexity index is 2160. The Morgan fingerprint density at radius 2 is 1.35 bits per heavy atom. The van der Waals surface area contributed by atoms with Crippen molar-refractivity contribution in [2.24, 2.45) is 11.8 Å². The first-order valence-electron chi connectivity index (χ1n) is 21.1. The van der Waals surface area contributed by atoms with Gasteiger partial charge in [0, 0.05) is 25.6 Å². The van der Waals surface area contributed by atoms with Gasteiger partial charge in [0.15, 0.2) is 0 Å². The molecule has 0 bridgehead atoms. The SMILES string of the molecule is CCCC(=O)N1C2CCCC2C[C@H]1c1ncc(-c2ccc3c(c2)CCc2cc(-c4cnc([C@@H]5C[C@@H]6CCC[C@@H]6N5C(=O)[C@@H](NC(=O)OC)[C@@H](C)OC)[nH]4)ccc2-3)[nH]1. The second-order valence-corrected chi connectivity index (χ2v) is 17.0. The molecule has 4 heterocycles. The van der Waals surface area contributed by atoms with E-state index in [9.17, 15) is 14.4 Å². The van der Waals surface area contributed by atoms with Crippen molar-refractivity contribution in [3.8, 4) is 33.6 Å². The maximum absolute atomic E-state index is 14.2. The second kappa shape index (κ2) is 15.4. The van der Waals surface area contributed by atoms with Crippen molar-refractivity contribution >= 4 is 17.9 Å². The van der Waals surface area contributed by atoms with E-state index in [1.165, 1.54) is 42.2 Å². The number of aromatic nitrogens is 4. The Labute approximate surface area is 334 Å². The number of methoxy groups -OCH3 is 2. The van der Waals surface area contributed by atoms with Crippen LogP contribution in [0.2, 0.25) is 0 Å². The normalized spacial score (nSPS) is 25.8. The zero-order valence-electron chi connectivity index (χ0n) is 33.6. The molecule has 300 valence electrons. The van der Waals surface area contributed by atoms with Gasteiger partial charge in [-0.2, -0.15) is 0 Å². The molecule has 12 heteroatoms. The molecule has 3 N–H and O–H groups in total. The summed E-state index contributed by atoms with van der Waals surface area (Å²) in [5, 5.41) is 2.73. The number of imidazole rings is 2. The summed E-state index contributed by atoms with van der Waals surface area (Å²) in [6, 6.07) is 12.8. The standard InChI is InChI=1S/C45H55N7O5/c1-5-8-40(53)51-36-11-6-9-30(36)21-38(51)42-46-23-34(48-42)28-15-17-32-26(19-28)13-14-27-20-29(16-18-33(27)32)35-24-47-43(49-35)39-22-31-10-7-12-37(31)52(39)44(54)41(25(2)56-3)50-45(55)57-4/h15-20,23-25,30-31,36-39,41H,5-14,21-22H2,1-4H3,(H,46,48)(H,47,49)(H,50,55)/t25-,30?,31+,36?,37+,38+,39+,41+/m1/s1. The number of fused-ring (bicyclic) bond motifs is 5. The minimum absolute atomic E-state index is 0.0319. The zero-order valence-corrected chi connectivity index (χ0v) is 33.6. The number of carbonyl (C=O) groups excluding carboxylic acids is 3. The topological polar surface area (TPSA) is 146 Å². The third kappa shape index (κ3) is 6.73. The monoisotopic (exact) mass is 773 g/mol. The molecule has 2 saturated carbocycles. The summed E-state index contributed by atoms with van der Waals surface area (Å²) in [5.74, 6) is 2.75. The third-order valence-corrected chi connectivity index (χ3v) is 13.9. The molecule has 2 aliphatic heterocycles. The number of nitrogens with zero attached hydrogens (tertiary/aromatic N) is 4. The molecule has 2 aromatic carbocycles. The van der Waals surface area contributed by atoms with Crippen molar-refractivity contribution in [2.45, 2.75) is 127 Å². The number of nitrogens with one attached hydrogen (secondary N) is 3. The maximum Gasteiger partial charge on any atom is 0.407 e. The number of hydrogen-bond donors (Lipinski definition) is 3. The van der Waals surface area contributed by atoms with Crippen LogP contribution in [0.1, 0.15) is 113 Å². The molecular weight excluding hydrogens is 719 g/mol. The molecule has 4 aromatic rings. The molecule has 4 fully saturated rings. The summed E-state index contributed by atoms with van der Waals surface area (Å²) in [7, 11) is 2.84. The number of ether oxygens (including phenoxy) is 2. The van der Waals surface area contributed by atoms with E-state index < -0.39 is 18.2 Å². The number of aryl methyl sites for hydroxylation is 2. The van der Waals surface area contributed by atoms with E-state index in [0.29, 0.717) is 24.3 Å². The predicted molar refractivity (Wildman–Crippen MR) is 216 cm³/mol. The number of benzene rings is 2. The second-order valence-electron chi connectivity index (χ2n) is 17.0. The fourth-order valence-corrected chi connectivity index (χ4v) is 11.0. The number of carbonyl (C=O) groups is 3. The first-order valence-corrected chi connectivity index (χ1v) is 21.1. The highest BCUT2D eigenvalue weighted by Crippen LogP contribution is 2.49. The summed E-state index contributed by atoms with van der Waals surface area (Å²) in [6.45, 7) is 3.87. The fourth-order valence-electron chi connectivity index (χ4n) is 11.0. The van der Waals surface area contributed by atoms with Gasteiger partial charge in [0.1, 0.15) is 17.7 Å². The van der Waals surface area contributed by atoms with Crippen LogP contribution >= 0.6 is 0 Å². The van der Waals surface area contributed by atoms with Crippen molar-refractivity contribution in [1.82, 2.24) is 35.1 Å².